The number of amides is 1. The van der Waals surface area contributed by atoms with Gasteiger partial charge in [0.15, 0.2) is 0 Å². The largest absolute Gasteiger partial charge is 0.337 e. The van der Waals surface area contributed by atoms with Gasteiger partial charge in [0.2, 0.25) is 0 Å². The normalized spacial score (nSPS) is 21.5. The van der Waals surface area contributed by atoms with E-state index in [4.69, 9.17) is 4.98 Å². The summed E-state index contributed by atoms with van der Waals surface area (Å²) in [6.07, 6.45) is 7.68. The first-order chi connectivity index (χ1) is 12.7. The van der Waals surface area contributed by atoms with Crippen molar-refractivity contribution < 1.29 is 4.79 Å². The Balaban J connectivity index is 1.43. The maximum Gasteiger partial charge on any atom is 0.263 e. The van der Waals surface area contributed by atoms with Gasteiger partial charge < -0.3 is 9.47 Å². The summed E-state index contributed by atoms with van der Waals surface area (Å²) in [5.41, 5.74) is 2.23. The zero-order valence-corrected chi connectivity index (χ0v) is 15.5. The Kier molecular flexibility index (Phi) is 3.50. The number of imidazole rings is 1. The molecule has 2 aliphatic heterocycles. The van der Waals surface area contributed by atoms with Crippen LogP contribution < -0.4 is 0 Å². The summed E-state index contributed by atoms with van der Waals surface area (Å²) in [5, 5.41) is 0. The maximum atomic E-state index is 12.8. The van der Waals surface area contributed by atoms with Crippen LogP contribution in [0.15, 0.2) is 42.9 Å². The van der Waals surface area contributed by atoms with Crippen LogP contribution in [0.2, 0.25) is 0 Å². The van der Waals surface area contributed by atoms with Crippen LogP contribution in [-0.4, -0.2) is 38.4 Å². The fraction of sp³-hybridized carbons (Fsp3) is 0.350. The third-order valence-corrected chi connectivity index (χ3v) is 6.68. The molecule has 0 saturated carbocycles. The van der Waals surface area contributed by atoms with Gasteiger partial charge in [0, 0.05) is 47.9 Å². The smallest absolute Gasteiger partial charge is 0.263 e. The molecule has 0 radical (unpaired) electrons. The summed E-state index contributed by atoms with van der Waals surface area (Å²) in [4.78, 5) is 25.9. The molecule has 3 aromatic heterocycles. The Morgan fingerprint density at radius 2 is 2.08 bits per heavy atom. The quantitative estimate of drug-likeness (QED) is 0.699. The third-order valence-electron chi connectivity index (χ3n) is 5.69. The van der Waals surface area contributed by atoms with Gasteiger partial charge in [-0.3, -0.25) is 9.78 Å². The van der Waals surface area contributed by atoms with Crippen LogP contribution in [0.25, 0.3) is 11.3 Å². The van der Waals surface area contributed by atoms with Crippen LogP contribution in [0.1, 0.15) is 33.2 Å². The van der Waals surface area contributed by atoms with Gasteiger partial charge in [0.05, 0.1) is 16.8 Å². The van der Waals surface area contributed by atoms with Crippen molar-refractivity contribution in [3.63, 3.8) is 0 Å². The molecule has 0 N–H and O–H groups in total. The first kappa shape index (κ1) is 15.8. The highest BCUT2D eigenvalue weighted by atomic mass is 32.1. The Hall–Kier alpha value is -2.47. The molecule has 0 bridgehead atoms. The van der Waals surface area contributed by atoms with Crippen molar-refractivity contribution in [3.05, 3.63) is 58.4 Å². The molecule has 2 aliphatic rings. The topological polar surface area (TPSA) is 51.0 Å². The predicted molar refractivity (Wildman–Crippen MR) is 101 cm³/mol. The van der Waals surface area contributed by atoms with Gasteiger partial charge in [-0.15, -0.1) is 11.3 Å². The molecule has 1 amide bonds. The summed E-state index contributed by atoms with van der Waals surface area (Å²) < 4.78 is 2.32. The second kappa shape index (κ2) is 5.77. The van der Waals surface area contributed by atoms with Crippen LogP contribution >= 0.6 is 11.3 Å². The van der Waals surface area contributed by atoms with Crippen LogP contribution in [0.5, 0.6) is 0 Å². The molecule has 6 heteroatoms. The van der Waals surface area contributed by atoms with Crippen molar-refractivity contribution in [1.82, 2.24) is 19.4 Å². The van der Waals surface area contributed by atoms with Gasteiger partial charge in [0.25, 0.3) is 5.91 Å². The van der Waals surface area contributed by atoms with Gasteiger partial charge in [-0.2, -0.15) is 0 Å². The van der Waals surface area contributed by atoms with E-state index in [9.17, 15) is 4.79 Å². The van der Waals surface area contributed by atoms with E-state index in [1.807, 2.05) is 42.4 Å². The van der Waals surface area contributed by atoms with Crippen LogP contribution in [-0.2, 0) is 12.0 Å². The van der Waals surface area contributed by atoms with E-state index in [2.05, 4.69) is 15.6 Å². The lowest BCUT2D eigenvalue weighted by atomic mass is 9.85. The molecule has 1 saturated heterocycles. The zero-order chi connectivity index (χ0) is 17.7. The molecule has 3 aromatic rings. The van der Waals surface area contributed by atoms with E-state index >= 15 is 0 Å². The monoisotopic (exact) mass is 364 g/mol. The number of aryl methyl sites for hydroxylation is 1. The minimum atomic E-state index is 0.00240. The maximum absolute atomic E-state index is 12.8. The molecule has 1 spiro atoms. The highest BCUT2D eigenvalue weighted by Gasteiger charge is 2.48. The minimum absolute atomic E-state index is 0.00240. The zero-order valence-electron chi connectivity index (χ0n) is 14.7. The summed E-state index contributed by atoms with van der Waals surface area (Å²) in [5.74, 6) is 1.30. The average Bonchev–Trinajstić information content (AvgIpc) is 3.42. The lowest BCUT2D eigenvalue weighted by molar-refractivity contribution is 0.0788. The lowest BCUT2D eigenvalue weighted by Crippen LogP contribution is -2.33. The van der Waals surface area contributed by atoms with Crippen LogP contribution in [0, 0.1) is 6.92 Å². The second-order valence-electron chi connectivity index (χ2n) is 7.28. The van der Waals surface area contributed by atoms with Crippen LogP contribution in [0.3, 0.4) is 0 Å². The Morgan fingerprint density at radius 1 is 1.19 bits per heavy atom. The molecule has 0 aromatic carbocycles. The van der Waals surface area contributed by atoms with E-state index in [-0.39, 0.29) is 11.3 Å². The highest BCUT2D eigenvalue weighted by molar-refractivity contribution is 7.13. The van der Waals surface area contributed by atoms with Gasteiger partial charge in [-0.1, -0.05) is 0 Å². The molecule has 0 unspecified atom stereocenters. The van der Waals surface area contributed by atoms with E-state index in [1.54, 1.807) is 17.5 Å². The molecular weight excluding hydrogens is 344 g/mol. The Bertz CT molecular complexity index is 977. The number of hydrogen-bond acceptors (Lipinski definition) is 4. The summed E-state index contributed by atoms with van der Waals surface area (Å²) in [6.45, 7) is 4.58. The Labute approximate surface area is 156 Å². The lowest BCUT2D eigenvalue weighted by Gasteiger charge is -2.22. The number of likely N-dealkylation sites (tertiary alicyclic amines) is 1. The number of aromatic nitrogens is 3. The minimum Gasteiger partial charge on any atom is -0.337 e. The van der Waals surface area contributed by atoms with E-state index in [1.165, 1.54) is 4.88 Å². The summed E-state index contributed by atoms with van der Waals surface area (Å²) in [6, 6.07) is 8.00. The molecule has 0 aliphatic carbocycles. The number of nitrogens with zero attached hydrogens (tertiary/aromatic N) is 4. The third kappa shape index (κ3) is 2.32. The number of rotatable bonds is 2. The molecule has 132 valence electrons. The average molecular weight is 364 g/mol. The fourth-order valence-corrected chi connectivity index (χ4v) is 5.18. The molecule has 5 heterocycles. The first-order valence-corrected chi connectivity index (χ1v) is 9.80. The highest BCUT2D eigenvalue weighted by Crippen LogP contribution is 2.44. The number of hydrogen-bond donors (Lipinski definition) is 0. The molecule has 1 atom stereocenters. The van der Waals surface area contributed by atoms with Crippen molar-refractivity contribution in [2.75, 3.05) is 13.1 Å². The van der Waals surface area contributed by atoms with Gasteiger partial charge >= 0.3 is 0 Å². The summed E-state index contributed by atoms with van der Waals surface area (Å²) in [7, 11) is 0. The van der Waals surface area contributed by atoms with Crippen molar-refractivity contribution >= 4 is 17.2 Å². The SMILES string of the molecule is Cc1ccc(C(=O)N2CC[C@@]3(CCn4c(-c5cccnc5)cnc43)C2)s1. The van der Waals surface area contributed by atoms with Gasteiger partial charge in [0.1, 0.15) is 5.82 Å². The second-order valence-corrected chi connectivity index (χ2v) is 8.57. The van der Waals surface area contributed by atoms with Gasteiger partial charge in [-0.25, -0.2) is 4.98 Å². The Morgan fingerprint density at radius 3 is 2.85 bits per heavy atom. The molecule has 5 nitrogen and oxygen atoms in total. The van der Waals surface area contributed by atoms with Gasteiger partial charge in [-0.05, 0) is 44.0 Å². The number of fused-ring (bicyclic) bond motifs is 2. The van der Waals surface area contributed by atoms with Crippen molar-refractivity contribution in [3.8, 4) is 11.3 Å². The molecular formula is C20H20N4OS. The predicted octanol–water partition coefficient (Wildman–Crippen LogP) is 3.50. The van der Waals surface area contributed by atoms with Crippen molar-refractivity contribution in [1.29, 1.82) is 0 Å². The number of carbonyl (C=O) groups excluding carboxylic acids is 1. The fourth-order valence-electron chi connectivity index (χ4n) is 4.35. The van der Waals surface area contributed by atoms with E-state index in [0.717, 1.165) is 54.4 Å². The molecule has 5 rings (SSSR count). The van der Waals surface area contributed by atoms with Crippen molar-refractivity contribution in [2.45, 2.75) is 31.7 Å². The van der Waals surface area contributed by atoms with Crippen LogP contribution in [0.4, 0.5) is 0 Å². The number of thiophene rings is 1. The van der Waals surface area contributed by atoms with E-state index < -0.39 is 0 Å². The summed E-state index contributed by atoms with van der Waals surface area (Å²) >= 11 is 1.58. The first-order valence-electron chi connectivity index (χ1n) is 8.98. The number of carbonyl (C=O) groups is 1. The van der Waals surface area contributed by atoms with Crippen molar-refractivity contribution in [2.24, 2.45) is 0 Å². The standard InChI is InChI=1S/C20H20N4OS/c1-14-4-5-17(26-14)18(25)23-9-6-20(13-23)7-10-24-16(12-22-19(20)24)15-3-2-8-21-11-15/h2-5,8,11-12H,6-7,9-10,13H2,1H3/t20-/m1/s1. The molecule has 26 heavy (non-hydrogen) atoms. The molecule has 1 fully saturated rings. The van der Waals surface area contributed by atoms with E-state index in [0.29, 0.717) is 0 Å². The number of pyridine rings is 1.